The van der Waals surface area contributed by atoms with E-state index in [1.807, 2.05) is 30.3 Å². The van der Waals surface area contributed by atoms with E-state index >= 15 is 0 Å². The number of benzene rings is 2. The van der Waals surface area contributed by atoms with Crippen molar-refractivity contribution in [1.82, 2.24) is 0 Å². The van der Waals surface area contributed by atoms with E-state index in [9.17, 15) is 9.90 Å². The standard InChI is InChI=1S/C15H13ClN2O2/c16-9-13(17)18-12-8-4-7-11(15(19)20)14(12)10-5-2-1-3-6-10/h1-8H,9H2,(H2,17,18)(H,19,20). The minimum atomic E-state index is -1.01. The third-order valence-electron chi connectivity index (χ3n) is 2.74. The molecule has 0 atom stereocenters. The van der Waals surface area contributed by atoms with Crippen LogP contribution < -0.4 is 5.73 Å². The Hall–Kier alpha value is -2.33. The van der Waals surface area contributed by atoms with Gasteiger partial charge < -0.3 is 10.8 Å². The Morgan fingerprint density at radius 3 is 2.45 bits per heavy atom. The molecule has 0 bridgehead atoms. The molecule has 0 saturated heterocycles. The number of amidine groups is 1. The average molecular weight is 289 g/mol. The van der Waals surface area contributed by atoms with Gasteiger partial charge in [0.1, 0.15) is 5.84 Å². The number of aliphatic imine (C=N–C) groups is 1. The molecule has 3 N–H and O–H groups in total. The van der Waals surface area contributed by atoms with Crippen molar-refractivity contribution in [3.63, 3.8) is 0 Å². The summed E-state index contributed by atoms with van der Waals surface area (Å²) in [7, 11) is 0. The molecule has 4 nitrogen and oxygen atoms in total. The zero-order chi connectivity index (χ0) is 14.5. The van der Waals surface area contributed by atoms with Gasteiger partial charge in [-0.15, -0.1) is 11.6 Å². The Bertz CT molecular complexity index is 654. The maximum Gasteiger partial charge on any atom is 0.336 e. The molecule has 0 aromatic heterocycles. The normalized spacial score (nSPS) is 11.3. The maximum atomic E-state index is 11.4. The predicted octanol–water partition coefficient (Wildman–Crippen LogP) is 3.28. The van der Waals surface area contributed by atoms with Crippen LogP contribution >= 0.6 is 11.6 Å². The highest BCUT2D eigenvalue weighted by atomic mass is 35.5. The molecule has 2 aromatic rings. The highest BCUT2D eigenvalue weighted by molar-refractivity contribution is 6.28. The highest BCUT2D eigenvalue weighted by Gasteiger charge is 2.15. The summed E-state index contributed by atoms with van der Waals surface area (Å²) in [6.45, 7) is 0. The van der Waals surface area contributed by atoms with E-state index < -0.39 is 5.97 Å². The first-order valence-electron chi connectivity index (χ1n) is 5.94. The number of rotatable bonds is 4. The molecule has 102 valence electrons. The molecule has 0 aliphatic carbocycles. The van der Waals surface area contributed by atoms with Crippen LogP contribution in [0.2, 0.25) is 0 Å². The van der Waals surface area contributed by atoms with Gasteiger partial charge in [0.2, 0.25) is 0 Å². The summed E-state index contributed by atoms with van der Waals surface area (Å²) in [4.78, 5) is 15.6. The van der Waals surface area contributed by atoms with Crippen LogP contribution in [0.5, 0.6) is 0 Å². The Labute approximate surface area is 121 Å². The third kappa shape index (κ3) is 2.97. The van der Waals surface area contributed by atoms with Crippen molar-refractivity contribution in [3.8, 4) is 11.1 Å². The molecule has 20 heavy (non-hydrogen) atoms. The van der Waals surface area contributed by atoms with Crippen LogP contribution in [-0.4, -0.2) is 22.8 Å². The lowest BCUT2D eigenvalue weighted by Crippen LogP contribution is -2.12. The van der Waals surface area contributed by atoms with E-state index in [-0.39, 0.29) is 17.3 Å². The molecule has 0 aliphatic rings. The van der Waals surface area contributed by atoms with Crippen molar-refractivity contribution in [2.75, 3.05) is 5.88 Å². The number of hydrogen-bond donors (Lipinski definition) is 2. The fourth-order valence-electron chi connectivity index (χ4n) is 1.90. The van der Waals surface area contributed by atoms with Gasteiger partial charge in [0, 0.05) is 5.56 Å². The van der Waals surface area contributed by atoms with Gasteiger partial charge in [-0.2, -0.15) is 0 Å². The van der Waals surface area contributed by atoms with Crippen molar-refractivity contribution >= 4 is 29.1 Å². The smallest absolute Gasteiger partial charge is 0.336 e. The molecule has 0 fully saturated rings. The topological polar surface area (TPSA) is 75.7 Å². The summed E-state index contributed by atoms with van der Waals surface area (Å²) in [6, 6.07) is 14.1. The van der Waals surface area contributed by atoms with Gasteiger partial charge in [0.25, 0.3) is 0 Å². The summed E-state index contributed by atoms with van der Waals surface area (Å²) in [5.74, 6) is -0.678. The van der Waals surface area contributed by atoms with Crippen LogP contribution in [0.4, 0.5) is 5.69 Å². The second-order valence-corrected chi connectivity index (χ2v) is 4.37. The van der Waals surface area contributed by atoms with Gasteiger partial charge in [0.15, 0.2) is 0 Å². The Balaban J connectivity index is 2.70. The first-order chi connectivity index (χ1) is 9.63. The summed E-state index contributed by atoms with van der Waals surface area (Å²) >= 11 is 5.63. The minimum Gasteiger partial charge on any atom is -0.478 e. The van der Waals surface area contributed by atoms with Crippen LogP contribution in [0.1, 0.15) is 10.4 Å². The molecule has 0 radical (unpaired) electrons. The van der Waals surface area contributed by atoms with E-state index in [4.69, 9.17) is 17.3 Å². The monoisotopic (exact) mass is 288 g/mol. The third-order valence-corrected chi connectivity index (χ3v) is 3.01. The Morgan fingerprint density at radius 2 is 1.85 bits per heavy atom. The quantitative estimate of drug-likeness (QED) is 0.515. The molecule has 0 unspecified atom stereocenters. The molecule has 2 rings (SSSR count). The van der Waals surface area contributed by atoms with Crippen LogP contribution in [0.25, 0.3) is 11.1 Å². The number of carboxylic acids is 1. The largest absolute Gasteiger partial charge is 0.478 e. The van der Waals surface area contributed by atoms with E-state index in [1.54, 1.807) is 18.2 Å². The first-order valence-corrected chi connectivity index (χ1v) is 6.47. The van der Waals surface area contributed by atoms with Crippen molar-refractivity contribution < 1.29 is 9.90 Å². The lowest BCUT2D eigenvalue weighted by Gasteiger charge is -2.10. The molecular formula is C15H13ClN2O2. The number of nitrogens with two attached hydrogens (primary N) is 1. The number of nitrogens with zero attached hydrogens (tertiary/aromatic N) is 1. The van der Waals surface area contributed by atoms with Crippen LogP contribution in [0, 0.1) is 0 Å². The van der Waals surface area contributed by atoms with Gasteiger partial charge in [-0.3, -0.25) is 0 Å². The number of aromatic carboxylic acids is 1. The van der Waals surface area contributed by atoms with Crippen LogP contribution in [0.3, 0.4) is 0 Å². The van der Waals surface area contributed by atoms with Gasteiger partial charge in [-0.05, 0) is 17.7 Å². The Morgan fingerprint density at radius 1 is 1.15 bits per heavy atom. The number of carbonyl (C=O) groups is 1. The summed E-state index contributed by atoms with van der Waals surface area (Å²) in [5, 5.41) is 9.34. The maximum absolute atomic E-state index is 11.4. The van der Waals surface area contributed by atoms with Crippen LogP contribution in [0.15, 0.2) is 53.5 Å². The number of alkyl halides is 1. The number of hydrogen-bond acceptors (Lipinski definition) is 2. The van der Waals surface area contributed by atoms with Crippen LogP contribution in [-0.2, 0) is 0 Å². The second kappa shape index (κ2) is 6.21. The zero-order valence-corrected chi connectivity index (χ0v) is 11.3. The molecule has 0 heterocycles. The van der Waals surface area contributed by atoms with Gasteiger partial charge in [-0.25, -0.2) is 9.79 Å². The average Bonchev–Trinajstić information content (AvgIpc) is 2.47. The molecule has 5 heteroatoms. The SMILES string of the molecule is NC(CCl)=Nc1cccc(C(=O)O)c1-c1ccccc1. The minimum absolute atomic E-state index is 0.0888. The molecule has 0 saturated carbocycles. The fourth-order valence-corrected chi connectivity index (χ4v) is 1.96. The summed E-state index contributed by atoms with van der Waals surface area (Å²) in [5.41, 5.74) is 7.63. The lowest BCUT2D eigenvalue weighted by atomic mass is 9.98. The highest BCUT2D eigenvalue weighted by Crippen LogP contribution is 2.33. The van der Waals surface area contributed by atoms with Gasteiger partial charge in [0.05, 0.1) is 17.1 Å². The van der Waals surface area contributed by atoms with E-state index in [1.165, 1.54) is 0 Å². The lowest BCUT2D eigenvalue weighted by molar-refractivity contribution is 0.0698. The fraction of sp³-hybridized carbons (Fsp3) is 0.0667. The molecule has 0 spiro atoms. The predicted molar refractivity (Wildman–Crippen MR) is 80.8 cm³/mol. The van der Waals surface area contributed by atoms with Crippen molar-refractivity contribution in [1.29, 1.82) is 0 Å². The Kier molecular flexibility index (Phi) is 4.38. The molecule has 2 aromatic carbocycles. The van der Waals surface area contributed by atoms with Gasteiger partial charge >= 0.3 is 5.97 Å². The first kappa shape index (κ1) is 14.1. The molecule has 0 amide bonds. The van der Waals surface area contributed by atoms with Gasteiger partial charge in [-0.1, -0.05) is 36.4 Å². The summed E-state index contributed by atoms with van der Waals surface area (Å²) in [6.07, 6.45) is 0. The molecule has 0 aliphatic heterocycles. The van der Waals surface area contributed by atoms with Crippen molar-refractivity contribution in [2.24, 2.45) is 10.7 Å². The van der Waals surface area contributed by atoms with Crippen molar-refractivity contribution in [3.05, 3.63) is 54.1 Å². The van der Waals surface area contributed by atoms with Crippen molar-refractivity contribution in [2.45, 2.75) is 0 Å². The molecular weight excluding hydrogens is 276 g/mol. The summed E-state index contributed by atoms with van der Waals surface area (Å²) < 4.78 is 0. The van der Waals surface area contributed by atoms with E-state index in [0.717, 1.165) is 5.56 Å². The number of halogens is 1. The number of carboxylic acid groups (broad SMARTS) is 1. The zero-order valence-electron chi connectivity index (χ0n) is 10.6. The van der Waals surface area contributed by atoms with E-state index in [2.05, 4.69) is 4.99 Å². The van der Waals surface area contributed by atoms with E-state index in [0.29, 0.717) is 11.3 Å². The second-order valence-electron chi connectivity index (χ2n) is 4.11.